The van der Waals surface area contributed by atoms with Gasteiger partial charge in [0, 0.05) is 28.3 Å². The number of carbonyl (C=O) groups excluding carboxylic acids is 1. The van der Waals surface area contributed by atoms with Gasteiger partial charge in [-0.05, 0) is 29.7 Å². The van der Waals surface area contributed by atoms with Gasteiger partial charge in [0.15, 0.2) is 16.6 Å². The van der Waals surface area contributed by atoms with Gasteiger partial charge in [-0.1, -0.05) is 36.4 Å². The number of anilines is 1. The summed E-state index contributed by atoms with van der Waals surface area (Å²) in [6.45, 7) is 0. The molecule has 0 amide bonds. The number of hydrogen-bond donors (Lipinski definition) is 2. The summed E-state index contributed by atoms with van der Waals surface area (Å²) < 4.78 is 10.5. The van der Waals surface area contributed by atoms with E-state index in [4.69, 9.17) is 21.7 Å². The monoisotopic (exact) mass is 391 g/mol. The minimum atomic E-state index is -0.117. The lowest BCUT2D eigenvalue weighted by Crippen LogP contribution is -2.26. The highest BCUT2D eigenvalue weighted by molar-refractivity contribution is 7.80. The predicted molar refractivity (Wildman–Crippen MR) is 114 cm³/mol. The van der Waals surface area contributed by atoms with E-state index >= 15 is 0 Å². The maximum absolute atomic E-state index is 12.7. The normalized spacial score (nSPS) is 13.6. The molecule has 4 rings (SSSR count). The van der Waals surface area contributed by atoms with Crippen LogP contribution in [-0.4, -0.2) is 30.8 Å². The first-order chi connectivity index (χ1) is 13.6. The van der Waals surface area contributed by atoms with E-state index in [-0.39, 0.29) is 10.9 Å². The third-order valence-electron chi connectivity index (χ3n) is 4.53. The molecule has 140 valence electrons. The summed E-state index contributed by atoms with van der Waals surface area (Å²) >= 11 is 5.31. The molecule has 0 radical (unpaired) electrons. The summed E-state index contributed by atoms with van der Waals surface area (Å²) in [5.74, 6) is 1.08. The van der Waals surface area contributed by atoms with Crippen LogP contribution in [0.2, 0.25) is 0 Å². The van der Waals surface area contributed by atoms with Crippen LogP contribution in [-0.2, 0) is 0 Å². The Balaban J connectivity index is 1.55. The number of methoxy groups -OCH3 is 2. The van der Waals surface area contributed by atoms with Crippen molar-refractivity contribution in [2.24, 2.45) is 5.10 Å². The first-order valence-corrected chi connectivity index (χ1v) is 8.96. The molecule has 2 N–H and O–H groups in total. The Kier molecular flexibility index (Phi) is 4.67. The Morgan fingerprint density at radius 2 is 1.68 bits per heavy atom. The topological polar surface area (TPSA) is 72.0 Å². The van der Waals surface area contributed by atoms with Crippen molar-refractivity contribution in [2.75, 3.05) is 19.5 Å². The van der Waals surface area contributed by atoms with E-state index in [9.17, 15) is 4.79 Å². The second kappa shape index (κ2) is 7.28. The van der Waals surface area contributed by atoms with Crippen LogP contribution in [0.25, 0.3) is 10.8 Å². The number of hydrazone groups is 1. The molecule has 6 nitrogen and oxygen atoms in total. The zero-order chi connectivity index (χ0) is 19.7. The number of rotatable bonds is 4. The third kappa shape index (κ3) is 3.05. The summed E-state index contributed by atoms with van der Waals surface area (Å²) in [7, 11) is 3.14. The average Bonchev–Trinajstić information content (AvgIpc) is 3.00. The number of carbonyl (C=O) groups is 1. The summed E-state index contributed by atoms with van der Waals surface area (Å²) in [6.07, 6.45) is 0. The fraction of sp³-hybridized carbons (Fsp3) is 0.0952. The van der Waals surface area contributed by atoms with E-state index in [1.54, 1.807) is 32.4 Å². The maximum Gasteiger partial charge on any atom is 0.214 e. The summed E-state index contributed by atoms with van der Waals surface area (Å²) in [5.41, 5.74) is 5.28. The number of ether oxygens (including phenoxy) is 2. The molecule has 0 atom stereocenters. The number of nitrogens with one attached hydrogen (secondary N) is 2. The van der Waals surface area contributed by atoms with Crippen LogP contribution in [0, 0.1) is 0 Å². The van der Waals surface area contributed by atoms with Crippen LogP contribution in [0.5, 0.6) is 11.5 Å². The fourth-order valence-corrected chi connectivity index (χ4v) is 3.43. The van der Waals surface area contributed by atoms with E-state index < -0.39 is 0 Å². The first-order valence-electron chi connectivity index (χ1n) is 8.56. The van der Waals surface area contributed by atoms with Crippen molar-refractivity contribution >= 4 is 45.3 Å². The van der Waals surface area contributed by atoms with Gasteiger partial charge < -0.3 is 14.8 Å². The summed E-state index contributed by atoms with van der Waals surface area (Å²) in [6, 6.07) is 16.8. The second-order valence-electron chi connectivity index (χ2n) is 6.13. The molecule has 0 fully saturated rings. The molecule has 0 spiro atoms. The fourth-order valence-electron chi connectivity index (χ4n) is 3.27. The highest BCUT2D eigenvalue weighted by Crippen LogP contribution is 2.31. The van der Waals surface area contributed by atoms with Gasteiger partial charge in [0.2, 0.25) is 5.78 Å². The van der Waals surface area contributed by atoms with Gasteiger partial charge in [-0.25, -0.2) is 0 Å². The highest BCUT2D eigenvalue weighted by Gasteiger charge is 2.28. The van der Waals surface area contributed by atoms with Gasteiger partial charge in [0.1, 0.15) is 5.71 Å². The minimum Gasteiger partial charge on any atom is -0.493 e. The third-order valence-corrected chi connectivity index (χ3v) is 4.72. The van der Waals surface area contributed by atoms with Crippen LogP contribution in [0.15, 0.2) is 59.7 Å². The van der Waals surface area contributed by atoms with E-state index in [1.807, 2.05) is 36.4 Å². The highest BCUT2D eigenvalue weighted by atomic mass is 32.1. The quantitative estimate of drug-likeness (QED) is 0.521. The molecule has 0 saturated carbocycles. The van der Waals surface area contributed by atoms with Crippen molar-refractivity contribution in [1.29, 1.82) is 0 Å². The molecule has 1 aliphatic rings. The van der Waals surface area contributed by atoms with Crippen LogP contribution in [0.1, 0.15) is 15.9 Å². The second-order valence-corrected chi connectivity index (χ2v) is 6.54. The molecule has 3 aromatic rings. The number of Topliss-reactive ketones (excluding diaryl/α,β-unsaturated/α-hetero) is 1. The van der Waals surface area contributed by atoms with Crippen LogP contribution < -0.4 is 20.2 Å². The molecule has 1 aliphatic carbocycles. The minimum absolute atomic E-state index is 0.117. The van der Waals surface area contributed by atoms with Gasteiger partial charge in [-0.3, -0.25) is 10.2 Å². The smallest absolute Gasteiger partial charge is 0.214 e. The van der Waals surface area contributed by atoms with E-state index in [0.717, 1.165) is 16.3 Å². The summed E-state index contributed by atoms with van der Waals surface area (Å²) in [4.78, 5) is 12.7. The Labute approximate surface area is 167 Å². The lowest BCUT2D eigenvalue weighted by Gasteiger charge is -2.11. The zero-order valence-electron chi connectivity index (χ0n) is 15.3. The van der Waals surface area contributed by atoms with Crippen molar-refractivity contribution in [3.05, 3.63) is 65.7 Å². The Morgan fingerprint density at radius 1 is 0.964 bits per heavy atom. The molecule has 0 aliphatic heterocycles. The molecule has 28 heavy (non-hydrogen) atoms. The average molecular weight is 391 g/mol. The van der Waals surface area contributed by atoms with Gasteiger partial charge in [-0.15, -0.1) is 0 Å². The molecule has 7 heteroatoms. The molecule has 3 aromatic carbocycles. The molecular formula is C21H17N3O3S. The van der Waals surface area contributed by atoms with Crippen LogP contribution in [0.3, 0.4) is 0 Å². The molecule has 0 aromatic heterocycles. The largest absolute Gasteiger partial charge is 0.493 e. The van der Waals surface area contributed by atoms with Crippen LogP contribution in [0.4, 0.5) is 5.69 Å². The molecule has 0 unspecified atom stereocenters. The Bertz CT molecular complexity index is 1140. The van der Waals surface area contributed by atoms with E-state index in [1.165, 1.54) is 0 Å². The van der Waals surface area contributed by atoms with Gasteiger partial charge in [-0.2, -0.15) is 5.10 Å². The number of hydrogen-bond acceptors (Lipinski definition) is 5. The van der Waals surface area contributed by atoms with Crippen molar-refractivity contribution in [2.45, 2.75) is 0 Å². The van der Waals surface area contributed by atoms with E-state index in [2.05, 4.69) is 15.8 Å². The predicted octanol–water partition coefficient (Wildman–Crippen LogP) is 3.74. The maximum atomic E-state index is 12.7. The van der Waals surface area contributed by atoms with Crippen molar-refractivity contribution in [3.8, 4) is 11.5 Å². The van der Waals surface area contributed by atoms with Gasteiger partial charge in [0.25, 0.3) is 0 Å². The SMILES string of the molecule is COc1ccc(NC(=S)N/N=C2\C(=O)c3cccc4cccc2c34)cc1OC. The zero-order valence-corrected chi connectivity index (χ0v) is 16.1. The van der Waals surface area contributed by atoms with Gasteiger partial charge in [0.05, 0.1) is 14.2 Å². The number of nitrogens with zero attached hydrogens (tertiary/aromatic N) is 1. The molecule has 0 bridgehead atoms. The number of ketones is 1. The van der Waals surface area contributed by atoms with E-state index in [0.29, 0.717) is 28.5 Å². The lowest BCUT2D eigenvalue weighted by molar-refractivity contribution is 0.106. The van der Waals surface area contributed by atoms with Gasteiger partial charge >= 0.3 is 0 Å². The van der Waals surface area contributed by atoms with Crippen molar-refractivity contribution in [1.82, 2.24) is 5.43 Å². The van der Waals surface area contributed by atoms with Crippen molar-refractivity contribution < 1.29 is 14.3 Å². The van der Waals surface area contributed by atoms with Crippen LogP contribution >= 0.6 is 12.2 Å². The molecule has 0 saturated heterocycles. The molecular weight excluding hydrogens is 374 g/mol. The number of benzene rings is 3. The number of thiocarbonyl (C=S) groups is 1. The first kappa shape index (κ1) is 17.9. The Morgan fingerprint density at radius 3 is 2.39 bits per heavy atom. The van der Waals surface area contributed by atoms with Crippen molar-refractivity contribution in [3.63, 3.8) is 0 Å². The lowest BCUT2D eigenvalue weighted by atomic mass is 10.1. The standard InChI is InChI=1S/C21H17N3O3S/c1-26-16-10-9-13(11-17(16)27-2)22-21(28)24-23-19-14-7-3-5-12-6-4-8-15(18(12)14)20(19)25/h3-11H,1-2H3,(H2,22,24,28)/b23-19-. The molecule has 0 heterocycles. The Hall–Kier alpha value is -3.45. The summed E-state index contributed by atoms with van der Waals surface area (Å²) in [5, 5.41) is 9.49.